The van der Waals surface area contributed by atoms with Gasteiger partial charge in [0.25, 0.3) is 5.88 Å². The second kappa shape index (κ2) is 7.69. The maximum Gasteiger partial charge on any atom is 0.255 e. The highest BCUT2D eigenvalue weighted by molar-refractivity contribution is 5.35. The molecule has 2 aromatic rings. The quantitative estimate of drug-likeness (QED) is 0.671. The first-order valence-corrected chi connectivity index (χ1v) is 11.5. The molecule has 8 nitrogen and oxygen atoms in total. The standard InChI is InChI=1S/C22H29FN6O2/c1-30-21-17(23)8-24-22(25-21)28-9-15-6-19(29-11-18(26-27-29)14-4-5-14)20(7-16(15)10-28)31-12-13-2-3-13/h8,11,13-16,19-20H,2-7,9-10,12H2,1H3/t15-,16+,19-,20-/m1/s1. The van der Waals surface area contributed by atoms with Crippen molar-refractivity contribution in [2.75, 3.05) is 31.7 Å². The van der Waals surface area contributed by atoms with Crippen LogP contribution in [-0.2, 0) is 4.74 Å². The summed E-state index contributed by atoms with van der Waals surface area (Å²) >= 11 is 0. The van der Waals surface area contributed by atoms with E-state index in [4.69, 9.17) is 9.47 Å². The fourth-order valence-electron chi connectivity index (χ4n) is 5.21. The van der Waals surface area contributed by atoms with E-state index in [1.807, 2.05) is 0 Å². The zero-order valence-corrected chi connectivity index (χ0v) is 17.9. The molecule has 3 saturated carbocycles. The summed E-state index contributed by atoms with van der Waals surface area (Å²) in [5.74, 6) is 2.34. The molecule has 0 aromatic carbocycles. The van der Waals surface area contributed by atoms with Gasteiger partial charge < -0.3 is 14.4 Å². The van der Waals surface area contributed by atoms with E-state index in [0.717, 1.165) is 44.1 Å². The molecule has 0 bridgehead atoms. The Labute approximate surface area is 181 Å². The van der Waals surface area contributed by atoms with Crippen LogP contribution in [-0.4, -0.2) is 57.9 Å². The van der Waals surface area contributed by atoms with Crippen molar-refractivity contribution < 1.29 is 13.9 Å². The number of nitrogens with zero attached hydrogens (tertiary/aromatic N) is 6. The first-order valence-electron chi connectivity index (χ1n) is 11.5. The molecule has 6 rings (SSSR count). The van der Waals surface area contributed by atoms with Crippen molar-refractivity contribution in [2.45, 2.75) is 56.6 Å². The number of rotatable bonds is 7. The van der Waals surface area contributed by atoms with Crippen LogP contribution in [0, 0.1) is 23.6 Å². The van der Waals surface area contributed by atoms with Crippen molar-refractivity contribution >= 4 is 5.95 Å². The molecule has 4 fully saturated rings. The van der Waals surface area contributed by atoms with Crippen LogP contribution in [0.15, 0.2) is 12.4 Å². The third kappa shape index (κ3) is 3.88. The lowest BCUT2D eigenvalue weighted by Gasteiger charge is -2.37. The molecule has 1 saturated heterocycles. The predicted molar refractivity (Wildman–Crippen MR) is 110 cm³/mol. The van der Waals surface area contributed by atoms with Crippen molar-refractivity contribution in [3.63, 3.8) is 0 Å². The second-order valence-corrected chi connectivity index (χ2v) is 9.70. The number of hydrogen-bond donors (Lipinski definition) is 0. The van der Waals surface area contributed by atoms with Gasteiger partial charge in [0.15, 0.2) is 0 Å². The smallest absolute Gasteiger partial charge is 0.255 e. The Bertz CT molecular complexity index is 946. The van der Waals surface area contributed by atoms with E-state index >= 15 is 0 Å². The summed E-state index contributed by atoms with van der Waals surface area (Å²) in [5.41, 5.74) is 1.13. The van der Waals surface area contributed by atoms with Crippen LogP contribution in [0.5, 0.6) is 5.88 Å². The number of methoxy groups -OCH3 is 1. The third-order valence-corrected chi connectivity index (χ3v) is 7.37. The van der Waals surface area contributed by atoms with Crippen molar-refractivity contribution in [1.82, 2.24) is 25.0 Å². The molecule has 3 heterocycles. The fourth-order valence-corrected chi connectivity index (χ4v) is 5.21. The van der Waals surface area contributed by atoms with Gasteiger partial charge >= 0.3 is 0 Å². The van der Waals surface area contributed by atoms with E-state index in [9.17, 15) is 4.39 Å². The lowest BCUT2D eigenvalue weighted by atomic mass is 9.77. The van der Waals surface area contributed by atoms with E-state index in [1.54, 1.807) is 0 Å². The van der Waals surface area contributed by atoms with Crippen molar-refractivity contribution in [2.24, 2.45) is 17.8 Å². The Balaban J connectivity index is 1.21. The van der Waals surface area contributed by atoms with Crippen molar-refractivity contribution in [3.8, 4) is 5.88 Å². The number of hydrogen-bond acceptors (Lipinski definition) is 7. The molecule has 31 heavy (non-hydrogen) atoms. The van der Waals surface area contributed by atoms with E-state index < -0.39 is 5.82 Å². The normalized spacial score (nSPS) is 30.5. The van der Waals surface area contributed by atoms with Crippen LogP contribution >= 0.6 is 0 Å². The first kappa shape index (κ1) is 19.4. The zero-order chi connectivity index (χ0) is 20.9. The van der Waals surface area contributed by atoms with Gasteiger partial charge in [0, 0.05) is 31.8 Å². The maximum absolute atomic E-state index is 13.8. The Morgan fingerprint density at radius 1 is 1.13 bits per heavy atom. The van der Waals surface area contributed by atoms with Gasteiger partial charge in [-0.2, -0.15) is 9.37 Å². The number of ether oxygens (including phenoxy) is 2. The summed E-state index contributed by atoms with van der Waals surface area (Å²) in [7, 11) is 1.43. The van der Waals surface area contributed by atoms with Gasteiger partial charge in [0.2, 0.25) is 11.8 Å². The lowest BCUT2D eigenvalue weighted by molar-refractivity contribution is -0.0375. The first-order chi connectivity index (χ1) is 15.2. The topological polar surface area (TPSA) is 78.2 Å². The zero-order valence-electron chi connectivity index (χ0n) is 17.9. The maximum atomic E-state index is 13.8. The summed E-state index contributed by atoms with van der Waals surface area (Å²) in [6, 6.07) is 0.212. The van der Waals surface area contributed by atoms with Crippen LogP contribution in [0.2, 0.25) is 0 Å². The average molecular weight is 429 g/mol. The minimum Gasteiger partial charge on any atom is -0.479 e. The third-order valence-electron chi connectivity index (χ3n) is 7.37. The summed E-state index contributed by atoms with van der Waals surface area (Å²) in [4.78, 5) is 10.7. The summed E-state index contributed by atoms with van der Waals surface area (Å²) in [5, 5.41) is 8.96. The Hall–Kier alpha value is -2.29. The Morgan fingerprint density at radius 3 is 2.68 bits per heavy atom. The van der Waals surface area contributed by atoms with Crippen LogP contribution in [0.3, 0.4) is 0 Å². The second-order valence-electron chi connectivity index (χ2n) is 9.70. The molecule has 0 radical (unpaired) electrons. The Morgan fingerprint density at radius 2 is 1.94 bits per heavy atom. The predicted octanol–water partition coefficient (Wildman–Crippen LogP) is 2.98. The monoisotopic (exact) mass is 428 g/mol. The molecule has 0 amide bonds. The molecular formula is C22H29FN6O2. The van der Waals surface area contributed by atoms with Crippen molar-refractivity contribution in [1.29, 1.82) is 0 Å². The largest absolute Gasteiger partial charge is 0.479 e. The highest BCUT2D eigenvalue weighted by Gasteiger charge is 2.45. The van der Waals surface area contributed by atoms with Crippen molar-refractivity contribution in [3.05, 3.63) is 23.9 Å². The molecule has 0 spiro atoms. The Kier molecular flexibility index (Phi) is 4.81. The van der Waals surface area contributed by atoms with E-state index in [-0.39, 0.29) is 18.0 Å². The molecule has 4 atom stereocenters. The number of fused-ring (bicyclic) bond motifs is 1. The van der Waals surface area contributed by atoms with Crippen LogP contribution < -0.4 is 9.64 Å². The number of halogens is 1. The van der Waals surface area contributed by atoms with Gasteiger partial charge in [-0.15, -0.1) is 5.10 Å². The molecule has 1 aliphatic heterocycles. The number of anilines is 1. The van der Waals surface area contributed by atoms with Gasteiger partial charge in [0.05, 0.1) is 31.1 Å². The van der Waals surface area contributed by atoms with Gasteiger partial charge in [-0.25, -0.2) is 9.67 Å². The fraction of sp³-hybridized carbons (Fsp3) is 0.727. The van der Waals surface area contributed by atoms with Gasteiger partial charge in [-0.05, 0) is 56.3 Å². The average Bonchev–Trinajstić information content (AvgIpc) is 3.71. The van der Waals surface area contributed by atoms with Gasteiger partial charge in [-0.3, -0.25) is 0 Å². The SMILES string of the molecule is COc1nc(N2C[C@H]3C[C@@H](n4cc(C5CC5)nn4)[C@H](OCC4CC4)C[C@H]3C2)ncc1F. The highest BCUT2D eigenvalue weighted by atomic mass is 19.1. The molecule has 3 aliphatic carbocycles. The van der Waals surface area contributed by atoms with E-state index in [2.05, 4.69) is 36.1 Å². The lowest BCUT2D eigenvalue weighted by Crippen LogP contribution is -2.38. The van der Waals surface area contributed by atoms with E-state index in [1.165, 1.54) is 39.0 Å². The molecule has 0 unspecified atom stereocenters. The van der Waals surface area contributed by atoms with Crippen LogP contribution in [0.1, 0.15) is 56.2 Å². The summed E-state index contributed by atoms with van der Waals surface area (Å²) in [6.45, 7) is 2.57. The summed E-state index contributed by atoms with van der Waals surface area (Å²) < 4.78 is 27.3. The van der Waals surface area contributed by atoms with Crippen LogP contribution in [0.25, 0.3) is 0 Å². The number of aromatic nitrogens is 5. The minimum absolute atomic E-state index is 0.00128. The molecule has 0 N–H and O–H groups in total. The van der Waals surface area contributed by atoms with Gasteiger partial charge in [-0.1, -0.05) is 5.21 Å². The highest BCUT2D eigenvalue weighted by Crippen LogP contribution is 2.45. The minimum atomic E-state index is -0.533. The molecular weight excluding hydrogens is 399 g/mol. The van der Waals surface area contributed by atoms with Crippen LogP contribution in [0.4, 0.5) is 10.3 Å². The molecule has 2 aromatic heterocycles. The molecule has 4 aliphatic rings. The molecule has 166 valence electrons. The molecule has 9 heteroatoms. The summed E-state index contributed by atoms with van der Waals surface area (Å²) in [6.07, 6.45) is 10.5. The van der Waals surface area contributed by atoms with Gasteiger partial charge in [0.1, 0.15) is 0 Å². The van der Waals surface area contributed by atoms with E-state index in [0.29, 0.717) is 23.7 Å².